The summed E-state index contributed by atoms with van der Waals surface area (Å²) in [5, 5.41) is 0. The molecule has 0 heterocycles. The minimum absolute atomic E-state index is 0.766. The van der Waals surface area contributed by atoms with Gasteiger partial charge in [0.15, 0.2) is 0 Å². The first-order chi connectivity index (χ1) is 4.35. The highest BCUT2D eigenvalue weighted by molar-refractivity contribution is 5.06. The fraction of sp³-hybridized carbons (Fsp3) is 0.250. The Labute approximate surface area is 56.3 Å². The number of rotatable bonds is 4. The molecule has 0 atom stereocenters. The average molecular weight is 124 g/mol. The van der Waals surface area contributed by atoms with Crippen molar-refractivity contribution >= 4 is 0 Å². The molecule has 50 valence electrons. The number of methoxy groups -OCH3 is 1. The molecule has 0 amide bonds. The van der Waals surface area contributed by atoms with Gasteiger partial charge in [-0.2, -0.15) is 0 Å². The quantitative estimate of drug-likeness (QED) is 0.317. The van der Waals surface area contributed by atoms with Crippen LogP contribution in [0.5, 0.6) is 0 Å². The topological polar surface area (TPSA) is 9.23 Å². The van der Waals surface area contributed by atoms with E-state index in [0.717, 1.165) is 12.2 Å². The van der Waals surface area contributed by atoms with Crippen molar-refractivity contribution in [2.45, 2.75) is 6.42 Å². The van der Waals surface area contributed by atoms with Gasteiger partial charge in [0.2, 0.25) is 0 Å². The number of hydrogen-bond acceptors (Lipinski definition) is 1. The van der Waals surface area contributed by atoms with Crippen LogP contribution < -0.4 is 0 Å². The standard InChI is InChI=1S/C8H12O/c1-4-6-8(9-3)7-5-2/h4-6H,1-2,7H2,3H3/b8-6+. The Bertz CT molecular complexity index is 123. The second-order valence-electron chi connectivity index (χ2n) is 1.57. The maximum Gasteiger partial charge on any atom is 0.0992 e. The van der Waals surface area contributed by atoms with E-state index in [1.807, 2.05) is 6.08 Å². The normalized spacial score (nSPS) is 10.6. The van der Waals surface area contributed by atoms with Crippen LogP contribution in [0.2, 0.25) is 0 Å². The Morgan fingerprint density at radius 2 is 2.22 bits per heavy atom. The maximum atomic E-state index is 4.95. The van der Waals surface area contributed by atoms with Gasteiger partial charge >= 0.3 is 0 Å². The zero-order valence-electron chi connectivity index (χ0n) is 5.76. The molecule has 0 aromatic carbocycles. The van der Waals surface area contributed by atoms with E-state index in [0.29, 0.717) is 0 Å². The number of allylic oxidation sites excluding steroid dienone is 3. The molecule has 9 heavy (non-hydrogen) atoms. The fourth-order valence-corrected chi connectivity index (χ4v) is 0.493. The largest absolute Gasteiger partial charge is 0.501 e. The average Bonchev–Trinajstić information content (AvgIpc) is 1.88. The van der Waals surface area contributed by atoms with E-state index in [1.54, 1.807) is 19.3 Å². The summed E-state index contributed by atoms with van der Waals surface area (Å²) in [7, 11) is 1.64. The molecule has 0 saturated heterocycles. The van der Waals surface area contributed by atoms with Gasteiger partial charge in [0.1, 0.15) is 0 Å². The zero-order valence-corrected chi connectivity index (χ0v) is 5.76. The summed E-state index contributed by atoms with van der Waals surface area (Å²) in [6.07, 6.45) is 6.07. The fourth-order valence-electron chi connectivity index (χ4n) is 0.493. The zero-order chi connectivity index (χ0) is 7.11. The van der Waals surface area contributed by atoms with Crippen molar-refractivity contribution < 1.29 is 4.74 Å². The first kappa shape index (κ1) is 8.02. The second kappa shape index (κ2) is 5.16. The van der Waals surface area contributed by atoms with Crippen molar-refractivity contribution in [3.05, 3.63) is 37.1 Å². The van der Waals surface area contributed by atoms with Crippen LogP contribution in [-0.4, -0.2) is 7.11 Å². The second-order valence-corrected chi connectivity index (χ2v) is 1.57. The Kier molecular flexibility index (Phi) is 4.60. The van der Waals surface area contributed by atoms with Gasteiger partial charge in [0, 0.05) is 6.42 Å². The number of hydrogen-bond donors (Lipinski definition) is 0. The van der Waals surface area contributed by atoms with Crippen molar-refractivity contribution in [1.29, 1.82) is 0 Å². The van der Waals surface area contributed by atoms with E-state index in [4.69, 9.17) is 4.74 Å². The molecule has 0 aliphatic heterocycles. The van der Waals surface area contributed by atoms with E-state index < -0.39 is 0 Å². The Balaban J connectivity index is 3.79. The monoisotopic (exact) mass is 124 g/mol. The van der Waals surface area contributed by atoms with Crippen LogP contribution >= 0.6 is 0 Å². The third-order valence-electron chi connectivity index (χ3n) is 0.911. The van der Waals surface area contributed by atoms with Crippen LogP contribution in [0.15, 0.2) is 37.1 Å². The van der Waals surface area contributed by atoms with Crippen LogP contribution in [0.1, 0.15) is 6.42 Å². The highest BCUT2D eigenvalue weighted by Crippen LogP contribution is 2.01. The lowest BCUT2D eigenvalue weighted by Crippen LogP contribution is -1.82. The highest BCUT2D eigenvalue weighted by Gasteiger charge is 1.86. The van der Waals surface area contributed by atoms with E-state index in [2.05, 4.69) is 13.2 Å². The van der Waals surface area contributed by atoms with Crippen LogP contribution in [0.4, 0.5) is 0 Å². The van der Waals surface area contributed by atoms with Gasteiger partial charge in [-0.25, -0.2) is 0 Å². The number of ether oxygens (including phenoxy) is 1. The first-order valence-electron chi connectivity index (χ1n) is 2.81. The lowest BCUT2D eigenvalue weighted by molar-refractivity contribution is 0.285. The molecule has 0 N–H and O–H groups in total. The smallest absolute Gasteiger partial charge is 0.0992 e. The molecular weight excluding hydrogens is 112 g/mol. The molecule has 0 aromatic rings. The molecule has 0 aromatic heterocycles. The summed E-state index contributed by atoms with van der Waals surface area (Å²) in [5.41, 5.74) is 0. The van der Waals surface area contributed by atoms with Crippen molar-refractivity contribution in [3.63, 3.8) is 0 Å². The van der Waals surface area contributed by atoms with Crippen molar-refractivity contribution in [2.75, 3.05) is 7.11 Å². The van der Waals surface area contributed by atoms with E-state index in [1.165, 1.54) is 0 Å². The van der Waals surface area contributed by atoms with Crippen LogP contribution in [0.3, 0.4) is 0 Å². The predicted molar refractivity (Wildman–Crippen MR) is 40.1 cm³/mol. The summed E-state index contributed by atoms with van der Waals surface area (Å²) in [4.78, 5) is 0. The minimum atomic E-state index is 0.766. The molecule has 0 aliphatic rings. The van der Waals surface area contributed by atoms with Gasteiger partial charge in [0.05, 0.1) is 12.9 Å². The molecular formula is C8H12O. The molecule has 0 aliphatic carbocycles. The van der Waals surface area contributed by atoms with E-state index >= 15 is 0 Å². The SMILES string of the molecule is C=C/C=C(\CC=C)OC. The summed E-state index contributed by atoms with van der Waals surface area (Å²) in [6.45, 7) is 7.12. The predicted octanol–water partition coefficient (Wildman–Crippen LogP) is 2.28. The molecule has 0 radical (unpaired) electrons. The van der Waals surface area contributed by atoms with Gasteiger partial charge in [-0.3, -0.25) is 0 Å². The van der Waals surface area contributed by atoms with E-state index in [9.17, 15) is 0 Å². The highest BCUT2D eigenvalue weighted by atomic mass is 16.5. The maximum absolute atomic E-state index is 4.95. The first-order valence-corrected chi connectivity index (χ1v) is 2.81. The van der Waals surface area contributed by atoms with Crippen LogP contribution in [0.25, 0.3) is 0 Å². The summed E-state index contributed by atoms with van der Waals surface area (Å²) >= 11 is 0. The van der Waals surface area contributed by atoms with Gasteiger partial charge in [0.25, 0.3) is 0 Å². The van der Waals surface area contributed by atoms with Gasteiger partial charge in [-0.1, -0.05) is 18.7 Å². The third kappa shape index (κ3) is 3.59. The molecule has 0 fully saturated rings. The molecule has 0 unspecified atom stereocenters. The summed E-state index contributed by atoms with van der Waals surface area (Å²) in [6, 6.07) is 0. The third-order valence-corrected chi connectivity index (χ3v) is 0.911. The van der Waals surface area contributed by atoms with Crippen LogP contribution in [0, 0.1) is 0 Å². The van der Waals surface area contributed by atoms with Crippen molar-refractivity contribution in [1.82, 2.24) is 0 Å². The van der Waals surface area contributed by atoms with Crippen molar-refractivity contribution in [3.8, 4) is 0 Å². The minimum Gasteiger partial charge on any atom is -0.501 e. The van der Waals surface area contributed by atoms with Crippen LogP contribution in [-0.2, 0) is 4.74 Å². The lowest BCUT2D eigenvalue weighted by Gasteiger charge is -1.98. The molecule has 0 spiro atoms. The van der Waals surface area contributed by atoms with Gasteiger partial charge in [-0.15, -0.1) is 6.58 Å². The van der Waals surface area contributed by atoms with Gasteiger partial charge < -0.3 is 4.74 Å². The summed E-state index contributed by atoms with van der Waals surface area (Å²) < 4.78 is 4.95. The Hall–Kier alpha value is -0.980. The molecule has 0 bridgehead atoms. The molecule has 1 heteroatoms. The lowest BCUT2D eigenvalue weighted by atomic mass is 10.3. The Morgan fingerprint density at radius 3 is 2.56 bits per heavy atom. The molecule has 1 nitrogen and oxygen atoms in total. The van der Waals surface area contributed by atoms with Crippen molar-refractivity contribution in [2.24, 2.45) is 0 Å². The van der Waals surface area contributed by atoms with E-state index in [-0.39, 0.29) is 0 Å². The summed E-state index contributed by atoms with van der Waals surface area (Å²) in [5.74, 6) is 0.889. The molecule has 0 saturated carbocycles. The molecule has 0 rings (SSSR count). The Morgan fingerprint density at radius 1 is 1.56 bits per heavy atom. The van der Waals surface area contributed by atoms with Gasteiger partial charge in [-0.05, 0) is 6.08 Å².